The maximum Gasteiger partial charge on any atom is 0.254 e. The molecule has 0 aliphatic carbocycles. The lowest BCUT2D eigenvalue weighted by Crippen LogP contribution is -2.52. The molecule has 1 unspecified atom stereocenters. The molecular weight excluding hydrogens is 444 g/mol. The fraction of sp³-hybridized carbons (Fsp3) is 0.440. The Balaban J connectivity index is 1.43. The normalized spacial score (nSPS) is 19.1. The largest absolute Gasteiger partial charge is 0.379 e. The molecule has 0 spiro atoms. The quantitative estimate of drug-likeness (QED) is 0.618. The number of nitrogens with zero attached hydrogens (tertiary/aromatic N) is 3. The predicted molar refractivity (Wildman–Crippen MR) is 122 cm³/mol. The summed E-state index contributed by atoms with van der Waals surface area (Å²) >= 11 is 0. The summed E-state index contributed by atoms with van der Waals surface area (Å²) in [5.41, 5.74) is 0.680. The van der Waals surface area contributed by atoms with Crippen LogP contribution >= 0.6 is 0 Å². The van der Waals surface area contributed by atoms with Crippen molar-refractivity contribution in [3.8, 4) is 0 Å². The van der Waals surface area contributed by atoms with Gasteiger partial charge in [0.25, 0.3) is 11.8 Å². The van der Waals surface area contributed by atoms with Gasteiger partial charge in [0.1, 0.15) is 11.6 Å². The highest BCUT2D eigenvalue weighted by Crippen LogP contribution is 2.15. The Morgan fingerprint density at radius 2 is 1.71 bits per heavy atom. The number of morpholine rings is 2. The van der Waals surface area contributed by atoms with Gasteiger partial charge in [-0.3, -0.25) is 14.5 Å². The molecule has 2 heterocycles. The van der Waals surface area contributed by atoms with Crippen LogP contribution in [-0.2, 0) is 9.47 Å². The minimum absolute atomic E-state index is 0.204. The van der Waals surface area contributed by atoms with Crippen LogP contribution in [0.4, 0.5) is 8.78 Å². The maximum atomic E-state index is 13.8. The number of carbonyl (C=O) groups excluding carboxylic acids is 2. The molecule has 2 fully saturated rings. The number of hydrogen-bond donors (Lipinski definition) is 0. The predicted octanol–water partition coefficient (Wildman–Crippen LogP) is 2.28. The zero-order chi connectivity index (χ0) is 23.9. The lowest BCUT2D eigenvalue weighted by Gasteiger charge is -2.36. The van der Waals surface area contributed by atoms with Crippen LogP contribution < -0.4 is 0 Å². The highest BCUT2D eigenvalue weighted by molar-refractivity contribution is 5.95. The molecule has 2 saturated heterocycles. The SMILES string of the molecule is O=C(c1ccc(F)cc1)N1CCOC(CN(CCN2CCOCC2)C(=O)c2cccc(F)c2)C1. The summed E-state index contributed by atoms with van der Waals surface area (Å²) < 4.78 is 38.3. The number of rotatable bonds is 7. The van der Waals surface area contributed by atoms with Crippen LogP contribution in [0.3, 0.4) is 0 Å². The van der Waals surface area contributed by atoms with Crippen LogP contribution in [0.2, 0.25) is 0 Å². The van der Waals surface area contributed by atoms with E-state index in [9.17, 15) is 18.4 Å². The van der Waals surface area contributed by atoms with E-state index >= 15 is 0 Å². The molecule has 2 aromatic rings. The highest BCUT2D eigenvalue weighted by atomic mass is 19.1. The molecule has 2 amide bonds. The van der Waals surface area contributed by atoms with E-state index in [2.05, 4.69) is 4.90 Å². The molecule has 9 heteroatoms. The monoisotopic (exact) mass is 473 g/mol. The van der Waals surface area contributed by atoms with Crippen molar-refractivity contribution in [1.82, 2.24) is 14.7 Å². The first-order valence-corrected chi connectivity index (χ1v) is 11.5. The standard InChI is InChI=1S/C25H29F2N3O4/c26-21-6-4-19(5-7-21)24(31)30-12-15-34-23(18-30)17-29(9-8-28-10-13-33-14-11-28)25(32)20-2-1-3-22(27)16-20/h1-7,16,23H,8-15,17-18H2. The third-order valence-electron chi connectivity index (χ3n) is 6.09. The van der Waals surface area contributed by atoms with Gasteiger partial charge < -0.3 is 19.3 Å². The summed E-state index contributed by atoms with van der Waals surface area (Å²) in [4.78, 5) is 31.7. The summed E-state index contributed by atoms with van der Waals surface area (Å²) in [6, 6.07) is 11.1. The summed E-state index contributed by atoms with van der Waals surface area (Å²) in [6.07, 6.45) is -0.389. The van der Waals surface area contributed by atoms with Crippen molar-refractivity contribution < 1.29 is 27.8 Å². The number of halogens is 2. The molecular formula is C25H29F2N3O4. The Labute approximate surface area is 197 Å². The van der Waals surface area contributed by atoms with Crippen LogP contribution in [0.15, 0.2) is 48.5 Å². The van der Waals surface area contributed by atoms with E-state index < -0.39 is 11.6 Å². The Hall–Kier alpha value is -2.88. The molecule has 34 heavy (non-hydrogen) atoms. The van der Waals surface area contributed by atoms with Crippen molar-refractivity contribution in [2.75, 3.05) is 65.6 Å². The second-order valence-corrected chi connectivity index (χ2v) is 8.47. The Morgan fingerprint density at radius 3 is 2.44 bits per heavy atom. The van der Waals surface area contributed by atoms with Gasteiger partial charge in [-0.05, 0) is 42.5 Å². The third kappa shape index (κ3) is 6.37. The average Bonchev–Trinajstić information content (AvgIpc) is 2.87. The third-order valence-corrected chi connectivity index (χ3v) is 6.09. The second kappa shape index (κ2) is 11.5. The molecule has 0 N–H and O–H groups in total. The van der Waals surface area contributed by atoms with Gasteiger partial charge in [0, 0.05) is 56.9 Å². The van der Waals surface area contributed by atoms with Gasteiger partial charge in [-0.15, -0.1) is 0 Å². The minimum Gasteiger partial charge on any atom is -0.379 e. The molecule has 0 saturated carbocycles. The van der Waals surface area contributed by atoms with Crippen LogP contribution in [0.1, 0.15) is 20.7 Å². The smallest absolute Gasteiger partial charge is 0.254 e. The van der Waals surface area contributed by atoms with E-state index in [0.717, 1.165) is 13.1 Å². The number of amides is 2. The van der Waals surface area contributed by atoms with Gasteiger partial charge in [0.2, 0.25) is 0 Å². The average molecular weight is 474 g/mol. The number of carbonyl (C=O) groups is 2. The van der Waals surface area contributed by atoms with Crippen molar-refractivity contribution in [3.63, 3.8) is 0 Å². The zero-order valence-electron chi connectivity index (χ0n) is 19.0. The first-order valence-electron chi connectivity index (χ1n) is 11.5. The van der Waals surface area contributed by atoms with E-state index in [0.29, 0.717) is 51.6 Å². The van der Waals surface area contributed by atoms with E-state index in [1.165, 1.54) is 42.5 Å². The Morgan fingerprint density at radius 1 is 0.941 bits per heavy atom. The Kier molecular flexibility index (Phi) is 8.21. The van der Waals surface area contributed by atoms with Crippen LogP contribution in [0, 0.1) is 11.6 Å². The van der Waals surface area contributed by atoms with Crippen LogP contribution in [0.5, 0.6) is 0 Å². The van der Waals surface area contributed by atoms with E-state index in [1.54, 1.807) is 15.9 Å². The lowest BCUT2D eigenvalue weighted by molar-refractivity contribution is -0.0346. The lowest BCUT2D eigenvalue weighted by atomic mass is 10.1. The minimum atomic E-state index is -0.469. The maximum absolute atomic E-state index is 13.8. The molecule has 7 nitrogen and oxygen atoms in total. The molecule has 0 bridgehead atoms. The van der Waals surface area contributed by atoms with Gasteiger partial charge in [-0.1, -0.05) is 6.07 Å². The van der Waals surface area contributed by atoms with Crippen molar-refractivity contribution in [2.24, 2.45) is 0 Å². The summed E-state index contributed by atoms with van der Waals surface area (Å²) in [6.45, 7) is 5.34. The summed E-state index contributed by atoms with van der Waals surface area (Å²) in [5.74, 6) is -1.35. The van der Waals surface area contributed by atoms with Crippen molar-refractivity contribution in [2.45, 2.75) is 6.10 Å². The highest BCUT2D eigenvalue weighted by Gasteiger charge is 2.29. The topological polar surface area (TPSA) is 62.3 Å². The number of ether oxygens (including phenoxy) is 2. The summed E-state index contributed by atoms with van der Waals surface area (Å²) in [5, 5.41) is 0. The second-order valence-electron chi connectivity index (χ2n) is 8.47. The van der Waals surface area contributed by atoms with Crippen molar-refractivity contribution in [1.29, 1.82) is 0 Å². The molecule has 2 aliphatic heterocycles. The molecule has 2 aromatic carbocycles. The number of hydrogen-bond acceptors (Lipinski definition) is 5. The molecule has 0 aromatic heterocycles. The first kappa shape index (κ1) is 24.3. The fourth-order valence-electron chi connectivity index (χ4n) is 4.20. The van der Waals surface area contributed by atoms with Gasteiger partial charge >= 0.3 is 0 Å². The molecule has 1 atom stereocenters. The van der Waals surface area contributed by atoms with Gasteiger partial charge in [-0.2, -0.15) is 0 Å². The van der Waals surface area contributed by atoms with Gasteiger partial charge in [0.05, 0.1) is 25.9 Å². The van der Waals surface area contributed by atoms with Gasteiger partial charge in [-0.25, -0.2) is 8.78 Å². The Bertz CT molecular complexity index is 982. The van der Waals surface area contributed by atoms with Crippen LogP contribution in [-0.4, -0.2) is 98.3 Å². The molecule has 182 valence electrons. The van der Waals surface area contributed by atoms with Gasteiger partial charge in [0.15, 0.2) is 0 Å². The van der Waals surface area contributed by atoms with Crippen molar-refractivity contribution in [3.05, 3.63) is 71.3 Å². The zero-order valence-corrected chi connectivity index (χ0v) is 19.0. The van der Waals surface area contributed by atoms with Crippen molar-refractivity contribution >= 4 is 11.8 Å². The fourth-order valence-corrected chi connectivity index (χ4v) is 4.20. The summed E-state index contributed by atoms with van der Waals surface area (Å²) in [7, 11) is 0. The molecule has 4 rings (SSSR count). The van der Waals surface area contributed by atoms with E-state index in [-0.39, 0.29) is 30.0 Å². The number of benzene rings is 2. The van der Waals surface area contributed by atoms with Crippen LogP contribution in [0.25, 0.3) is 0 Å². The first-order chi connectivity index (χ1) is 16.5. The van der Waals surface area contributed by atoms with E-state index in [1.807, 2.05) is 0 Å². The molecule has 0 radical (unpaired) electrons. The van der Waals surface area contributed by atoms with E-state index in [4.69, 9.17) is 9.47 Å². The molecule has 2 aliphatic rings.